The standard InChI is InChI=1S/C16H16N2O5/c1-10-13(11(2)22-17-10)5-6-16(19)21-9-12-8-15(23-18-12)14-4-3-7-20-14/h3-4,7-8H,5-6,9H2,1-2H3. The van der Waals surface area contributed by atoms with Crippen molar-refractivity contribution in [1.29, 1.82) is 0 Å². The van der Waals surface area contributed by atoms with Crippen molar-refractivity contribution in [2.24, 2.45) is 0 Å². The van der Waals surface area contributed by atoms with Gasteiger partial charge in [-0.25, -0.2) is 0 Å². The van der Waals surface area contributed by atoms with Gasteiger partial charge in [0, 0.05) is 18.1 Å². The zero-order chi connectivity index (χ0) is 16.2. The maximum absolute atomic E-state index is 11.8. The van der Waals surface area contributed by atoms with Crippen molar-refractivity contribution >= 4 is 5.97 Å². The van der Waals surface area contributed by atoms with Gasteiger partial charge in [-0.2, -0.15) is 0 Å². The van der Waals surface area contributed by atoms with Gasteiger partial charge >= 0.3 is 5.97 Å². The van der Waals surface area contributed by atoms with Gasteiger partial charge in [-0.05, 0) is 32.4 Å². The molecule has 0 amide bonds. The molecule has 0 fully saturated rings. The van der Waals surface area contributed by atoms with Crippen LogP contribution in [0.25, 0.3) is 11.5 Å². The Bertz CT molecular complexity index is 766. The Morgan fingerprint density at radius 2 is 2.09 bits per heavy atom. The highest BCUT2D eigenvalue weighted by Gasteiger charge is 2.14. The molecule has 23 heavy (non-hydrogen) atoms. The lowest BCUT2D eigenvalue weighted by molar-refractivity contribution is -0.145. The van der Waals surface area contributed by atoms with Gasteiger partial charge in [-0.1, -0.05) is 10.3 Å². The molecule has 3 rings (SSSR count). The minimum Gasteiger partial charge on any atom is -0.461 e. The van der Waals surface area contributed by atoms with Crippen LogP contribution >= 0.6 is 0 Å². The third-order valence-electron chi connectivity index (χ3n) is 3.46. The molecule has 0 atom stereocenters. The summed E-state index contributed by atoms with van der Waals surface area (Å²) in [5, 5.41) is 7.70. The van der Waals surface area contributed by atoms with Crippen molar-refractivity contribution in [1.82, 2.24) is 10.3 Å². The summed E-state index contributed by atoms with van der Waals surface area (Å²) in [6.45, 7) is 3.74. The Morgan fingerprint density at radius 1 is 1.22 bits per heavy atom. The number of esters is 1. The molecule has 0 saturated heterocycles. The van der Waals surface area contributed by atoms with Crippen LogP contribution in [0, 0.1) is 13.8 Å². The molecule has 120 valence electrons. The van der Waals surface area contributed by atoms with Gasteiger partial charge in [0.15, 0.2) is 5.76 Å². The maximum atomic E-state index is 11.8. The fraction of sp³-hybridized carbons (Fsp3) is 0.312. The monoisotopic (exact) mass is 316 g/mol. The van der Waals surface area contributed by atoms with Crippen molar-refractivity contribution in [3.8, 4) is 11.5 Å². The SMILES string of the molecule is Cc1noc(C)c1CCC(=O)OCc1cc(-c2ccco2)on1. The minimum atomic E-state index is -0.312. The number of rotatable bonds is 6. The first-order chi connectivity index (χ1) is 11.1. The number of aromatic nitrogens is 2. The Balaban J connectivity index is 1.49. The van der Waals surface area contributed by atoms with Crippen LogP contribution in [0.3, 0.4) is 0 Å². The highest BCUT2D eigenvalue weighted by molar-refractivity contribution is 5.69. The van der Waals surface area contributed by atoms with E-state index in [-0.39, 0.29) is 19.0 Å². The average molecular weight is 316 g/mol. The molecule has 3 aromatic rings. The summed E-state index contributed by atoms with van der Waals surface area (Å²) in [6, 6.07) is 5.20. The van der Waals surface area contributed by atoms with Gasteiger partial charge < -0.3 is 18.2 Å². The fourth-order valence-electron chi connectivity index (χ4n) is 2.23. The number of aryl methyl sites for hydroxylation is 2. The fourth-order valence-corrected chi connectivity index (χ4v) is 2.23. The lowest BCUT2D eigenvalue weighted by Gasteiger charge is -2.02. The second-order valence-electron chi connectivity index (χ2n) is 5.12. The predicted octanol–water partition coefficient (Wildman–Crippen LogP) is 3.22. The summed E-state index contributed by atoms with van der Waals surface area (Å²) >= 11 is 0. The van der Waals surface area contributed by atoms with Gasteiger partial charge in [0.2, 0.25) is 5.76 Å². The van der Waals surface area contributed by atoms with E-state index in [2.05, 4.69) is 10.3 Å². The first-order valence-electron chi connectivity index (χ1n) is 7.20. The van der Waals surface area contributed by atoms with E-state index in [0.29, 0.717) is 23.6 Å². The lowest BCUT2D eigenvalue weighted by atomic mass is 10.1. The molecule has 0 bridgehead atoms. The van der Waals surface area contributed by atoms with Crippen molar-refractivity contribution < 1.29 is 23.0 Å². The number of hydrogen-bond acceptors (Lipinski definition) is 7. The molecule has 0 aliphatic carbocycles. The number of furan rings is 1. The molecule has 7 nitrogen and oxygen atoms in total. The van der Waals surface area contributed by atoms with Crippen molar-refractivity contribution in [3.63, 3.8) is 0 Å². The molecule has 7 heteroatoms. The van der Waals surface area contributed by atoms with E-state index in [9.17, 15) is 4.79 Å². The third kappa shape index (κ3) is 3.50. The number of ether oxygens (including phenoxy) is 1. The van der Waals surface area contributed by atoms with Gasteiger partial charge in [0.25, 0.3) is 0 Å². The van der Waals surface area contributed by atoms with Crippen LogP contribution < -0.4 is 0 Å². The van der Waals surface area contributed by atoms with Crippen LogP contribution in [0.2, 0.25) is 0 Å². The smallest absolute Gasteiger partial charge is 0.306 e. The lowest BCUT2D eigenvalue weighted by Crippen LogP contribution is -2.06. The summed E-state index contributed by atoms with van der Waals surface area (Å²) in [5.41, 5.74) is 2.28. The molecular weight excluding hydrogens is 300 g/mol. The van der Waals surface area contributed by atoms with E-state index < -0.39 is 0 Å². The van der Waals surface area contributed by atoms with Crippen LogP contribution in [-0.2, 0) is 22.6 Å². The number of hydrogen-bond donors (Lipinski definition) is 0. The van der Waals surface area contributed by atoms with Gasteiger partial charge in [-0.15, -0.1) is 0 Å². The first-order valence-corrected chi connectivity index (χ1v) is 7.20. The minimum absolute atomic E-state index is 0.0602. The molecule has 0 aliphatic rings. The number of carbonyl (C=O) groups excluding carboxylic acids is 1. The highest BCUT2D eigenvalue weighted by Crippen LogP contribution is 2.21. The highest BCUT2D eigenvalue weighted by atomic mass is 16.5. The van der Waals surface area contributed by atoms with Gasteiger partial charge in [0.05, 0.1) is 12.0 Å². The van der Waals surface area contributed by atoms with Crippen LogP contribution in [-0.4, -0.2) is 16.3 Å². The topological polar surface area (TPSA) is 91.5 Å². The van der Waals surface area contributed by atoms with Crippen molar-refractivity contribution in [2.75, 3.05) is 0 Å². The summed E-state index contributed by atoms with van der Waals surface area (Å²) in [6.07, 6.45) is 2.34. The molecule has 3 heterocycles. The molecule has 0 aliphatic heterocycles. The summed E-state index contributed by atoms with van der Waals surface area (Å²) < 4.78 is 20.6. The zero-order valence-corrected chi connectivity index (χ0v) is 12.9. The van der Waals surface area contributed by atoms with E-state index in [1.807, 2.05) is 13.8 Å². The molecule has 0 unspecified atom stereocenters. The molecular formula is C16H16N2O5. The number of nitrogens with zero attached hydrogens (tertiary/aromatic N) is 2. The Kier molecular flexibility index (Phi) is 4.27. The van der Waals surface area contributed by atoms with E-state index in [4.69, 9.17) is 18.2 Å². The molecule has 3 aromatic heterocycles. The second-order valence-corrected chi connectivity index (χ2v) is 5.12. The van der Waals surface area contributed by atoms with Crippen molar-refractivity contribution in [3.05, 3.63) is 47.2 Å². The van der Waals surface area contributed by atoms with E-state index in [0.717, 1.165) is 17.0 Å². The first kappa shape index (κ1) is 15.1. The molecule has 0 aromatic carbocycles. The quantitative estimate of drug-likeness (QED) is 0.645. The summed E-state index contributed by atoms with van der Waals surface area (Å²) in [5.74, 6) is 1.49. The largest absolute Gasteiger partial charge is 0.461 e. The van der Waals surface area contributed by atoms with Gasteiger partial charge in [0.1, 0.15) is 18.1 Å². The van der Waals surface area contributed by atoms with Gasteiger partial charge in [-0.3, -0.25) is 4.79 Å². The molecule has 0 spiro atoms. The molecule has 0 N–H and O–H groups in total. The Morgan fingerprint density at radius 3 is 2.78 bits per heavy atom. The number of carbonyl (C=O) groups is 1. The molecule has 0 saturated carbocycles. The van der Waals surface area contributed by atoms with Crippen LogP contribution in [0.1, 0.15) is 29.1 Å². The second kappa shape index (κ2) is 6.51. The Hall–Kier alpha value is -2.83. The predicted molar refractivity (Wildman–Crippen MR) is 78.3 cm³/mol. The van der Waals surface area contributed by atoms with Crippen LogP contribution in [0.5, 0.6) is 0 Å². The third-order valence-corrected chi connectivity index (χ3v) is 3.46. The zero-order valence-electron chi connectivity index (χ0n) is 12.9. The summed E-state index contributed by atoms with van der Waals surface area (Å²) in [7, 11) is 0. The van der Waals surface area contributed by atoms with Crippen LogP contribution in [0.4, 0.5) is 0 Å². The van der Waals surface area contributed by atoms with E-state index in [1.54, 1.807) is 24.5 Å². The molecule has 0 radical (unpaired) electrons. The van der Waals surface area contributed by atoms with Crippen molar-refractivity contribution in [2.45, 2.75) is 33.3 Å². The summed E-state index contributed by atoms with van der Waals surface area (Å²) in [4.78, 5) is 11.8. The Labute approximate surface area is 132 Å². The van der Waals surface area contributed by atoms with E-state index >= 15 is 0 Å². The maximum Gasteiger partial charge on any atom is 0.306 e. The normalized spacial score (nSPS) is 10.9. The van der Waals surface area contributed by atoms with Crippen LogP contribution in [0.15, 0.2) is 37.9 Å². The average Bonchev–Trinajstić information content (AvgIpc) is 3.25. The van der Waals surface area contributed by atoms with E-state index in [1.165, 1.54) is 0 Å².